The summed E-state index contributed by atoms with van der Waals surface area (Å²) in [5.41, 5.74) is 4.93. The minimum Gasteiger partial charge on any atom is -0.379 e. The van der Waals surface area contributed by atoms with Crippen LogP contribution in [-0.4, -0.2) is 0 Å². The Labute approximate surface area is 133 Å². The second kappa shape index (κ2) is 5.85. The van der Waals surface area contributed by atoms with Crippen LogP contribution in [0.2, 0.25) is 15.1 Å². The first-order chi connectivity index (χ1) is 9.63. The predicted octanol–water partition coefficient (Wildman–Crippen LogP) is 5.75. The van der Waals surface area contributed by atoms with Gasteiger partial charge in [-0.2, -0.15) is 0 Å². The van der Waals surface area contributed by atoms with Gasteiger partial charge in [-0.15, -0.1) is 0 Å². The fourth-order valence-corrected chi connectivity index (χ4v) is 3.59. The van der Waals surface area contributed by atoms with E-state index in [1.165, 1.54) is 36.0 Å². The highest BCUT2D eigenvalue weighted by molar-refractivity contribution is 6.41. The van der Waals surface area contributed by atoms with Gasteiger partial charge in [-0.25, -0.2) is 0 Å². The number of halogens is 3. The van der Waals surface area contributed by atoms with Crippen molar-refractivity contribution in [2.45, 2.75) is 25.8 Å². The molecule has 0 radical (unpaired) electrons. The zero-order valence-electron chi connectivity index (χ0n) is 10.8. The second-order valence-corrected chi connectivity index (χ2v) is 6.31. The normalized spacial score (nSPS) is 13.3. The molecule has 1 nitrogen and oxygen atoms in total. The first-order valence-corrected chi connectivity index (χ1v) is 7.76. The van der Waals surface area contributed by atoms with E-state index in [2.05, 4.69) is 23.5 Å². The van der Waals surface area contributed by atoms with Crippen molar-refractivity contribution < 1.29 is 0 Å². The molecule has 1 aliphatic rings. The van der Waals surface area contributed by atoms with Crippen LogP contribution in [-0.2, 0) is 19.4 Å². The maximum absolute atomic E-state index is 6.16. The molecule has 0 aromatic heterocycles. The number of aryl methyl sites for hydroxylation is 2. The van der Waals surface area contributed by atoms with E-state index < -0.39 is 0 Å². The van der Waals surface area contributed by atoms with Crippen LogP contribution in [0.3, 0.4) is 0 Å². The predicted molar refractivity (Wildman–Crippen MR) is 87.3 cm³/mol. The zero-order chi connectivity index (χ0) is 14.1. The van der Waals surface area contributed by atoms with Gasteiger partial charge in [0.1, 0.15) is 0 Å². The number of fused-ring (bicyclic) bond motifs is 1. The Morgan fingerprint density at radius 3 is 2.35 bits per heavy atom. The highest BCUT2D eigenvalue weighted by Crippen LogP contribution is 2.34. The topological polar surface area (TPSA) is 12.0 Å². The third kappa shape index (κ3) is 2.90. The molecule has 1 N–H and O–H groups in total. The van der Waals surface area contributed by atoms with Crippen molar-refractivity contribution in [3.8, 4) is 0 Å². The molecule has 104 valence electrons. The van der Waals surface area contributed by atoms with Crippen LogP contribution in [0.4, 0.5) is 5.69 Å². The van der Waals surface area contributed by atoms with Gasteiger partial charge in [-0.1, -0.05) is 53.0 Å². The molecule has 1 aliphatic carbocycles. The molecular formula is C16H14Cl3N. The summed E-state index contributed by atoms with van der Waals surface area (Å²) in [5, 5.41) is 4.93. The number of nitrogens with one attached hydrogen (secondary N) is 1. The summed E-state index contributed by atoms with van der Waals surface area (Å²) in [6, 6.07) is 10.0. The largest absolute Gasteiger partial charge is 0.379 e. The SMILES string of the molecule is Clc1cc(Cl)c(NCc2ccc3c(c2)CCC3)c(Cl)c1. The number of hydrogen-bond donors (Lipinski definition) is 1. The Morgan fingerprint density at radius 1 is 0.900 bits per heavy atom. The average molecular weight is 327 g/mol. The van der Waals surface area contributed by atoms with Gasteiger partial charge in [0, 0.05) is 11.6 Å². The highest BCUT2D eigenvalue weighted by Gasteiger charge is 2.11. The van der Waals surface area contributed by atoms with Crippen molar-refractivity contribution in [1.82, 2.24) is 0 Å². The molecule has 2 aromatic carbocycles. The average Bonchev–Trinajstić information content (AvgIpc) is 2.84. The van der Waals surface area contributed by atoms with Crippen LogP contribution in [0.1, 0.15) is 23.1 Å². The Kier molecular flexibility index (Phi) is 4.11. The lowest BCUT2D eigenvalue weighted by Crippen LogP contribution is -2.01. The highest BCUT2D eigenvalue weighted by atomic mass is 35.5. The lowest BCUT2D eigenvalue weighted by Gasteiger charge is -2.12. The van der Waals surface area contributed by atoms with E-state index in [0.717, 1.165) is 5.69 Å². The van der Waals surface area contributed by atoms with Gasteiger partial charge >= 0.3 is 0 Å². The van der Waals surface area contributed by atoms with E-state index in [-0.39, 0.29) is 0 Å². The smallest absolute Gasteiger partial charge is 0.0722 e. The molecular weight excluding hydrogens is 313 g/mol. The standard InChI is InChI=1S/C16H14Cl3N/c17-13-7-14(18)16(15(19)8-13)20-9-10-4-5-11-2-1-3-12(11)6-10/h4-8,20H,1-3,9H2. The second-order valence-electron chi connectivity index (χ2n) is 5.05. The third-order valence-corrected chi connectivity index (χ3v) is 4.45. The van der Waals surface area contributed by atoms with Crippen molar-refractivity contribution in [3.05, 3.63) is 62.1 Å². The van der Waals surface area contributed by atoms with Crippen LogP contribution < -0.4 is 5.32 Å². The molecule has 0 bridgehead atoms. The quantitative estimate of drug-likeness (QED) is 0.757. The van der Waals surface area contributed by atoms with Crippen LogP contribution in [0.25, 0.3) is 0 Å². The Balaban J connectivity index is 1.77. The Bertz CT molecular complexity index is 629. The molecule has 0 unspecified atom stereocenters. The maximum Gasteiger partial charge on any atom is 0.0722 e. The van der Waals surface area contributed by atoms with E-state index in [0.29, 0.717) is 21.6 Å². The number of rotatable bonds is 3. The molecule has 0 fully saturated rings. The molecule has 20 heavy (non-hydrogen) atoms. The third-order valence-electron chi connectivity index (χ3n) is 3.64. The summed E-state index contributed by atoms with van der Waals surface area (Å²) in [6.45, 7) is 0.703. The van der Waals surface area contributed by atoms with Gasteiger partial charge < -0.3 is 5.32 Å². The van der Waals surface area contributed by atoms with Crippen LogP contribution in [0.15, 0.2) is 30.3 Å². The van der Waals surface area contributed by atoms with Crippen molar-refractivity contribution in [3.63, 3.8) is 0 Å². The van der Waals surface area contributed by atoms with Gasteiger partial charge in [0.15, 0.2) is 0 Å². The van der Waals surface area contributed by atoms with Gasteiger partial charge in [0.25, 0.3) is 0 Å². The van der Waals surface area contributed by atoms with Gasteiger partial charge in [-0.3, -0.25) is 0 Å². The maximum atomic E-state index is 6.16. The first-order valence-electron chi connectivity index (χ1n) is 6.62. The summed E-state index contributed by atoms with van der Waals surface area (Å²) < 4.78 is 0. The van der Waals surface area contributed by atoms with E-state index in [4.69, 9.17) is 34.8 Å². The van der Waals surface area contributed by atoms with Gasteiger partial charge in [-0.05, 0) is 48.1 Å². The van der Waals surface area contributed by atoms with Crippen molar-refractivity contribution >= 4 is 40.5 Å². The molecule has 0 heterocycles. The van der Waals surface area contributed by atoms with Crippen molar-refractivity contribution in [1.29, 1.82) is 0 Å². The van der Waals surface area contributed by atoms with E-state index in [1.54, 1.807) is 12.1 Å². The van der Waals surface area contributed by atoms with E-state index >= 15 is 0 Å². The molecule has 0 atom stereocenters. The molecule has 0 aliphatic heterocycles. The Hall–Kier alpha value is -0.890. The Morgan fingerprint density at radius 2 is 1.60 bits per heavy atom. The fourth-order valence-electron chi connectivity index (χ4n) is 2.64. The van der Waals surface area contributed by atoms with Crippen molar-refractivity contribution in [2.75, 3.05) is 5.32 Å². The summed E-state index contributed by atoms with van der Waals surface area (Å²) in [4.78, 5) is 0. The first kappa shape index (κ1) is 14.1. The number of benzene rings is 2. The van der Waals surface area contributed by atoms with Crippen molar-refractivity contribution in [2.24, 2.45) is 0 Å². The minimum absolute atomic E-state index is 0.545. The summed E-state index contributed by atoms with van der Waals surface area (Å²) >= 11 is 18.2. The van der Waals surface area contributed by atoms with E-state index in [1.807, 2.05) is 0 Å². The molecule has 0 saturated heterocycles. The fraction of sp³-hybridized carbons (Fsp3) is 0.250. The zero-order valence-corrected chi connectivity index (χ0v) is 13.1. The lowest BCUT2D eigenvalue weighted by atomic mass is 10.1. The van der Waals surface area contributed by atoms with Gasteiger partial charge in [0.2, 0.25) is 0 Å². The summed E-state index contributed by atoms with van der Waals surface area (Å²) in [5.74, 6) is 0. The lowest BCUT2D eigenvalue weighted by molar-refractivity contribution is 0.911. The number of hydrogen-bond acceptors (Lipinski definition) is 1. The van der Waals surface area contributed by atoms with Crippen LogP contribution in [0.5, 0.6) is 0 Å². The number of anilines is 1. The molecule has 0 saturated carbocycles. The molecule has 4 heteroatoms. The monoisotopic (exact) mass is 325 g/mol. The van der Waals surface area contributed by atoms with Gasteiger partial charge in [0.05, 0.1) is 15.7 Å². The van der Waals surface area contributed by atoms with Crippen LogP contribution >= 0.6 is 34.8 Å². The van der Waals surface area contributed by atoms with E-state index in [9.17, 15) is 0 Å². The molecule has 2 aromatic rings. The summed E-state index contributed by atoms with van der Waals surface area (Å²) in [7, 11) is 0. The minimum atomic E-state index is 0.545. The molecule has 0 spiro atoms. The summed E-state index contributed by atoms with van der Waals surface area (Å²) in [6.07, 6.45) is 3.66. The van der Waals surface area contributed by atoms with Crippen LogP contribution in [0, 0.1) is 0 Å². The molecule has 3 rings (SSSR count). The molecule has 0 amide bonds.